The standard InChI is InChI=1S/C14H23N5O5S/c20-13(12-2-1-10-5-18(12)14(21)19(10)24-25)16-23-6-9-3-11(4-15-9)17-7-22-8-17/h9-12,15,25H,1-8H2,(H,16,20)/t9-,10?,11+,12?/m0/s1. The molecule has 0 aromatic rings. The van der Waals surface area contributed by atoms with Gasteiger partial charge in [-0.15, -0.1) is 0 Å². The molecule has 4 rings (SSSR count). The van der Waals surface area contributed by atoms with E-state index >= 15 is 0 Å². The van der Waals surface area contributed by atoms with Crippen molar-refractivity contribution in [2.75, 3.05) is 33.2 Å². The second-order valence-electron chi connectivity index (χ2n) is 6.91. The number of ether oxygens (including phenoxy) is 1. The van der Waals surface area contributed by atoms with E-state index in [1.54, 1.807) is 0 Å². The number of thiol groups is 1. The number of hydrogen-bond donors (Lipinski definition) is 3. The molecule has 11 heteroatoms. The number of carbonyl (C=O) groups excluding carboxylic acids is 2. The number of amides is 3. The summed E-state index contributed by atoms with van der Waals surface area (Å²) in [5, 5.41) is 4.61. The first-order chi connectivity index (χ1) is 12.2. The molecule has 3 amide bonds. The van der Waals surface area contributed by atoms with Gasteiger partial charge < -0.3 is 15.0 Å². The van der Waals surface area contributed by atoms with Gasteiger partial charge in [-0.05, 0) is 19.3 Å². The van der Waals surface area contributed by atoms with Crippen LogP contribution in [0.15, 0.2) is 0 Å². The van der Waals surface area contributed by atoms with Crippen LogP contribution in [-0.4, -0.2) is 84.1 Å². The van der Waals surface area contributed by atoms with Crippen LogP contribution in [0.4, 0.5) is 4.79 Å². The Morgan fingerprint density at radius 2 is 2.20 bits per heavy atom. The third kappa shape index (κ3) is 3.32. The maximum atomic E-state index is 12.4. The maximum absolute atomic E-state index is 12.4. The minimum Gasteiger partial charge on any atom is -0.351 e. The molecule has 4 atom stereocenters. The van der Waals surface area contributed by atoms with Gasteiger partial charge in [-0.2, -0.15) is 5.06 Å². The highest BCUT2D eigenvalue weighted by Crippen LogP contribution is 2.30. The average Bonchev–Trinajstić information content (AvgIpc) is 3.10. The quantitative estimate of drug-likeness (QED) is 0.314. The van der Waals surface area contributed by atoms with Gasteiger partial charge in [0.15, 0.2) is 0 Å². The molecule has 2 N–H and O–H groups in total. The molecular weight excluding hydrogens is 350 g/mol. The Bertz CT molecular complexity index is 536. The Hall–Kier alpha value is -1.11. The molecule has 0 radical (unpaired) electrons. The highest BCUT2D eigenvalue weighted by molar-refractivity contribution is 7.75. The van der Waals surface area contributed by atoms with Crippen molar-refractivity contribution in [2.24, 2.45) is 0 Å². The van der Waals surface area contributed by atoms with Crippen LogP contribution < -0.4 is 10.8 Å². The average molecular weight is 373 g/mol. The van der Waals surface area contributed by atoms with Crippen molar-refractivity contribution in [1.29, 1.82) is 0 Å². The number of nitrogens with one attached hydrogen (secondary N) is 2. The minimum atomic E-state index is -0.528. The van der Waals surface area contributed by atoms with Crippen molar-refractivity contribution in [2.45, 2.75) is 43.4 Å². The lowest BCUT2D eigenvalue weighted by Crippen LogP contribution is -2.50. The van der Waals surface area contributed by atoms with Gasteiger partial charge >= 0.3 is 6.03 Å². The van der Waals surface area contributed by atoms with E-state index < -0.39 is 6.04 Å². The van der Waals surface area contributed by atoms with E-state index in [0.717, 1.165) is 13.0 Å². The number of urea groups is 1. The van der Waals surface area contributed by atoms with E-state index in [1.807, 2.05) is 0 Å². The fraction of sp³-hybridized carbons (Fsp3) is 0.857. The van der Waals surface area contributed by atoms with Gasteiger partial charge in [0, 0.05) is 38.1 Å². The van der Waals surface area contributed by atoms with Crippen LogP contribution in [0.25, 0.3) is 0 Å². The van der Waals surface area contributed by atoms with E-state index in [1.165, 1.54) is 9.96 Å². The molecular formula is C14H23N5O5S. The zero-order valence-electron chi connectivity index (χ0n) is 13.8. The van der Waals surface area contributed by atoms with Crippen LogP contribution in [0.2, 0.25) is 0 Å². The van der Waals surface area contributed by atoms with Gasteiger partial charge in [-0.3, -0.25) is 14.5 Å². The normalized spacial score (nSPS) is 35.2. The number of nitrogens with zero attached hydrogens (tertiary/aromatic N) is 3. The lowest BCUT2D eigenvalue weighted by molar-refractivity contribution is -0.162. The number of piperidine rings is 1. The Balaban J connectivity index is 1.21. The summed E-state index contributed by atoms with van der Waals surface area (Å²) in [5.74, 6) is -0.293. The van der Waals surface area contributed by atoms with E-state index in [2.05, 4.69) is 28.6 Å². The molecule has 4 aliphatic heterocycles. The summed E-state index contributed by atoms with van der Waals surface area (Å²) in [5.41, 5.74) is 2.50. The zero-order chi connectivity index (χ0) is 17.4. The number of carbonyl (C=O) groups is 2. The van der Waals surface area contributed by atoms with Crippen molar-refractivity contribution >= 4 is 24.8 Å². The predicted molar refractivity (Wildman–Crippen MR) is 87.8 cm³/mol. The van der Waals surface area contributed by atoms with Crippen LogP contribution in [0.1, 0.15) is 19.3 Å². The van der Waals surface area contributed by atoms with Gasteiger partial charge in [0.25, 0.3) is 5.91 Å². The first-order valence-corrected chi connectivity index (χ1v) is 8.92. The van der Waals surface area contributed by atoms with Crippen LogP contribution in [-0.2, 0) is 18.7 Å². The van der Waals surface area contributed by atoms with Crippen LogP contribution in [0, 0.1) is 0 Å². The molecule has 0 aromatic carbocycles. The highest BCUT2D eigenvalue weighted by atomic mass is 32.1. The number of hydroxylamine groups is 3. The molecule has 0 saturated carbocycles. The van der Waals surface area contributed by atoms with Crippen LogP contribution in [0.3, 0.4) is 0 Å². The Morgan fingerprint density at radius 1 is 1.36 bits per heavy atom. The van der Waals surface area contributed by atoms with Gasteiger partial charge in [0.2, 0.25) is 0 Å². The van der Waals surface area contributed by atoms with Crippen LogP contribution in [0.5, 0.6) is 0 Å². The first-order valence-electron chi connectivity index (χ1n) is 8.55. The van der Waals surface area contributed by atoms with Crippen molar-refractivity contribution in [3.05, 3.63) is 0 Å². The van der Waals surface area contributed by atoms with E-state index in [9.17, 15) is 9.59 Å². The van der Waals surface area contributed by atoms with E-state index in [4.69, 9.17) is 13.9 Å². The summed E-state index contributed by atoms with van der Waals surface area (Å²) in [6.45, 7) is 3.15. The van der Waals surface area contributed by atoms with E-state index in [-0.39, 0.29) is 24.0 Å². The van der Waals surface area contributed by atoms with Gasteiger partial charge in [0.05, 0.1) is 12.6 Å². The summed E-state index contributed by atoms with van der Waals surface area (Å²) in [6, 6.07) is -0.236. The molecule has 4 heterocycles. The molecule has 140 valence electrons. The molecule has 4 saturated heterocycles. The summed E-state index contributed by atoms with van der Waals surface area (Å²) >= 11 is 3.71. The molecule has 0 spiro atoms. The summed E-state index contributed by atoms with van der Waals surface area (Å²) in [6.07, 6.45) is 2.24. The summed E-state index contributed by atoms with van der Waals surface area (Å²) < 4.78 is 9.98. The first kappa shape index (κ1) is 17.3. The molecule has 4 aliphatic rings. The Kier molecular flexibility index (Phi) is 5.02. The van der Waals surface area contributed by atoms with Gasteiger partial charge in [0.1, 0.15) is 19.5 Å². The Morgan fingerprint density at radius 3 is 2.92 bits per heavy atom. The van der Waals surface area contributed by atoms with Crippen LogP contribution >= 0.6 is 12.9 Å². The van der Waals surface area contributed by atoms with Crippen molar-refractivity contribution in [3.8, 4) is 0 Å². The van der Waals surface area contributed by atoms with Gasteiger partial charge in [-0.25, -0.2) is 14.6 Å². The zero-order valence-corrected chi connectivity index (χ0v) is 14.7. The lowest BCUT2D eigenvalue weighted by Gasteiger charge is -2.35. The SMILES string of the molecule is O=C(NOC[C@@H]1C[C@@H](N2COC2)CN1)C1CCC2CN1C(=O)N2OS. The predicted octanol–water partition coefficient (Wildman–Crippen LogP) is -0.943. The third-order valence-corrected chi connectivity index (χ3v) is 5.58. The highest BCUT2D eigenvalue weighted by Gasteiger charge is 2.48. The summed E-state index contributed by atoms with van der Waals surface area (Å²) in [7, 11) is 0. The molecule has 2 bridgehead atoms. The topological polar surface area (TPSA) is 95.6 Å². The lowest BCUT2D eigenvalue weighted by atomic mass is 10.0. The third-order valence-electron chi connectivity index (χ3n) is 5.40. The molecule has 4 fully saturated rings. The molecule has 2 unspecified atom stereocenters. The second-order valence-corrected chi connectivity index (χ2v) is 7.08. The molecule has 10 nitrogen and oxygen atoms in total. The number of fused-ring (bicyclic) bond motifs is 2. The van der Waals surface area contributed by atoms with Crippen molar-refractivity contribution < 1.29 is 23.4 Å². The van der Waals surface area contributed by atoms with Gasteiger partial charge in [-0.1, -0.05) is 0 Å². The fourth-order valence-electron chi connectivity index (χ4n) is 3.90. The van der Waals surface area contributed by atoms with Crippen molar-refractivity contribution in [3.63, 3.8) is 0 Å². The van der Waals surface area contributed by atoms with Crippen molar-refractivity contribution in [1.82, 2.24) is 25.7 Å². The largest absolute Gasteiger partial charge is 0.351 e. The fourth-order valence-corrected chi connectivity index (χ4v) is 4.11. The second kappa shape index (κ2) is 7.25. The van der Waals surface area contributed by atoms with E-state index in [0.29, 0.717) is 45.5 Å². The minimum absolute atomic E-state index is 0.0416. The monoisotopic (exact) mass is 373 g/mol. The molecule has 0 aromatic heterocycles. The molecule has 25 heavy (non-hydrogen) atoms. The smallest absolute Gasteiger partial charge is 0.345 e. The number of rotatable bonds is 6. The number of hydrogen-bond acceptors (Lipinski definition) is 8. The Labute approximate surface area is 151 Å². The maximum Gasteiger partial charge on any atom is 0.345 e. The molecule has 0 aliphatic carbocycles. The summed E-state index contributed by atoms with van der Waals surface area (Å²) in [4.78, 5) is 33.7.